The number of carbonyl (C=O) groups excluding carboxylic acids is 1. The Kier molecular flexibility index (Phi) is 4.80. The smallest absolute Gasteiger partial charge is 0.162 e. The molecule has 0 unspecified atom stereocenters. The monoisotopic (exact) mass is 423 g/mol. The van der Waals surface area contributed by atoms with E-state index in [2.05, 4.69) is 19.9 Å². The highest BCUT2D eigenvalue weighted by molar-refractivity contribution is 7.10. The van der Waals surface area contributed by atoms with Crippen molar-refractivity contribution in [1.29, 1.82) is 5.26 Å². The molecule has 2 aromatic rings. The van der Waals surface area contributed by atoms with Gasteiger partial charge in [0, 0.05) is 33.3 Å². The maximum atomic E-state index is 13.4. The molecule has 0 spiro atoms. The molecule has 4 rings (SSSR count). The maximum absolute atomic E-state index is 13.4. The van der Waals surface area contributed by atoms with Gasteiger partial charge in [-0.3, -0.25) is 9.69 Å². The fourth-order valence-electron chi connectivity index (χ4n) is 4.34. The van der Waals surface area contributed by atoms with E-state index in [1.54, 1.807) is 23.5 Å². The van der Waals surface area contributed by atoms with Gasteiger partial charge in [0.1, 0.15) is 5.82 Å². The molecule has 0 amide bonds. The van der Waals surface area contributed by atoms with E-state index in [1.807, 2.05) is 35.4 Å². The van der Waals surface area contributed by atoms with Gasteiger partial charge in [0.15, 0.2) is 5.78 Å². The first-order valence-corrected chi connectivity index (χ1v) is 10.7. The Balaban J connectivity index is 2.00. The predicted octanol–water partition coefficient (Wildman–Crippen LogP) is 5.65. The lowest BCUT2D eigenvalue weighted by molar-refractivity contribution is -0.118. The summed E-state index contributed by atoms with van der Waals surface area (Å²) >= 11 is 7.65. The van der Waals surface area contributed by atoms with E-state index in [-0.39, 0.29) is 11.2 Å². The molecule has 6 heteroatoms. The number of aryl methyl sites for hydroxylation is 1. The van der Waals surface area contributed by atoms with E-state index in [4.69, 9.17) is 17.3 Å². The third-order valence-corrected chi connectivity index (χ3v) is 6.97. The summed E-state index contributed by atoms with van der Waals surface area (Å²) in [6, 6.07) is 11.7. The van der Waals surface area contributed by atoms with Crippen LogP contribution >= 0.6 is 22.9 Å². The van der Waals surface area contributed by atoms with E-state index in [1.165, 1.54) is 0 Å². The number of nitrogens with zero attached hydrogens (tertiary/aromatic N) is 2. The summed E-state index contributed by atoms with van der Waals surface area (Å²) < 4.78 is 0. The number of nitrogens with two attached hydrogens (primary N) is 1. The highest BCUT2D eigenvalue weighted by atomic mass is 35.5. The molecule has 1 atom stereocenters. The molecule has 148 valence electrons. The minimum absolute atomic E-state index is 0.0910. The molecule has 1 aromatic heterocycles. The van der Waals surface area contributed by atoms with Gasteiger partial charge in [-0.2, -0.15) is 5.26 Å². The summed E-state index contributed by atoms with van der Waals surface area (Å²) in [5, 5.41) is 12.7. The molecule has 2 N–H and O–H groups in total. The standard InChI is InChI=1S/C23H22ClN3OS/c1-13-8-9-29-21(13)19-16(12-25)22(26)27(15-6-4-14(24)5-7-15)17-10-23(2,3)11-18(28)20(17)19/h4-9,19H,10-11,26H2,1-3H3/t19-/m1/s1. The summed E-state index contributed by atoms with van der Waals surface area (Å²) in [4.78, 5) is 16.3. The van der Waals surface area contributed by atoms with Crippen LogP contribution in [0.5, 0.6) is 0 Å². The van der Waals surface area contributed by atoms with E-state index in [0.717, 1.165) is 21.8 Å². The normalized spacial score (nSPS) is 21.3. The van der Waals surface area contributed by atoms with Crippen LogP contribution in [0.15, 0.2) is 58.4 Å². The first-order chi connectivity index (χ1) is 13.7. The third-order valence-electron chi connectivity index (χ3n) is 5.63. The summed E-state index contributed by atoms with van der Waals surface area (Å²) in [6.07, 6.45) is 1.16. The largest absolute Gasteiger partial charge is 0.384 e. The molecule has 0 saturated carbocycles. The van der Waals surface area contributed by atoms with Crippen LogP contribution in [0.4, 0.5) is 5.69 Å². The molecular formula is C23H22ClN3OS. The van der Waals surface area contributed by atoms with E-state index in [9.17, 15) is 10.1 Å². The Morgan fingerprint density at radius 1 is 1.24 bits per heavy atom. The van der Waals surface area contributed by atoms with Crippen molar-refractivity contribution in [3.8, 4) is 6.07 Å². The van der Waals surface area contributed by atoms with Crippen LogP contribution in [-0.2, 0) is 4.79 Å². The summed E-state index contributed by atoms with van der Waals surface area (Å²) in [5.74, 6) is 0.0762. The van der Waals surface area contributed by atoms with Crippen molar-refractivity contribution < 1.29 is 4.79 Å². The van der Waals surface area contributed by atoms with Crippen LogP contribution in [0.1, 0.15) is 43.0 Å². The Bertz CT molecular complexity index is 1100. The van der Waals surface area contributed by atoms with Crippen LogP contribution in [0.2, 0.25) is 5.02 Å². The number of hydrogen-bond acceptors (Lipinski definition) is 5. The van der Waals surface area contributed by atoms with Crippen molar-refractivity contribution in [1.82, 2.24) is 0 Å². The van der Waals surface area contributed by atoms with Crippen molar-refractivity contribution in [2.45, 2.75) is 39.5 Å². The number of Topliss-reactive ketones (excluding diaryl/α,β-unsaturated/α-hetero) is 1. The maximum Gasteiger partial charge on any atom is 0.162 e. The fraction of sp³-hybridized carbons (Fsp3) is 0.304. The first kappa shape index (κ1) is 19.8. The first-order valence-electron chi connectivity index (χ1n) is 9.49. The van der Waals surface area contributed by atoms with Gasteiger partial charge in [0.05, 0.1) is 17.6 Å². The Hall–Kier alpha value is -2.55. The zero-order chi connectivity index (χ0) is 20.9. The molecule has 0 bridgehead atoms. The molecule has 1 aliphatic heterocycles. The zero-order valence-corrected chi connectivity index (χ0v) is 18.2. The molecule has 0 radical (unpaired) electrons. The number of hydrogen-bond donors (Lipinski definition) is 1. The molecular weight excluding hydrogens is 402 g/mol. The number of anilines is 1. The lowest BCUT2D eigenvalue weighted by atomic mass is 9.69. The van der Waals surface area contributed by atoms with Crippen LogP contribution < -0.4 is 10.6 Å². The van der Waals surface area contributed by atoms with Crippen molar-refractivity contribution in [2.24, 2.45) is 11.1 Å². The lowest BCUT2D eigenvalue weighted by Gasteiger charge is -2.43. The zero-order valence-electron chi connectivity index (χ0n) is 16.6. The number of allylic oxidation sites excluding steroid dienone is 3. The van der Waals surface area contributed by atoms with Gasteiger partial charge >= 0.3 is 0 Å². The molecule has 0 saturated heterocycles. The summed E-state index contributed by atoms with van der Waals surface area (Å²) in [5.41, 5.74) is 10.3. The van der Waals surface area contributed by atoms with Crippen molar-refractivity contribution in [3.05, 3.63) is 73.8 Å². The second-order valence-electron chi connectivity index (χ2n) is 8.42. The van der Waals surface area contributed by atoms with Crippen LogP contribution in [0.3, 0.4) is 0 Å². The minimum atomic E-state index is -0.401. The molecule has 1 aromatic carbocycles. The molecule has 4 nitrogen and oxygen atoms in total. The highest BCUT2D eigenvalue weighted by Gasteiger charge is 2.45. The average molecular weight is 424 g/mol. The van der Waals surface area contributed by atoms with E-state index >= 15 is 0 Å². The number of ketones is 1. The summed E-state index contributed by atoms with van der Waals surface area (Å²) in [7, 11) is 0. The molecule has 1 aliphatic carbocycles. The SMILES string of the molecule is Cc1ccsc1[C@@H]1C(C#N)=C(N)N(c2ccc(Cl)cc2)C2=C1C(=O)CC(C)(C)C2. The van der Waals surface area contributed by atoms with Gasteiger partial charge in [-0.25, -0.2) is 0 Å². The molecule has 0 fully saturated rings. The average Bonchev–Trinajstić information content (AvgIpc) is 3.06. The Labute approximate surface area is 179 Å². The Morgan fingerprint density at radius 3 is 2.52 bits per heavy atom. The van der Waals surface area contributed by atoms with Crippen LogP contribution in [-0.4, -0.2) is 5.78 Å². The van der Waals surface area contributed by atoms with Gasteiger partial charge in [-0.15, -0.1) is 11.3 Å². The van der Waals surface area contributed by atoms with Gasteiger partial charge in [-0.05, 0) is 60.0 Å². The lowest BCUT2D eigenvalue weighted by Crippen LogP contribution is -2.42. The van der Waals surface area contributed by atoms with Crippen molar-refractivity contribution >= 4 is 34.4 Å². The molecule has 2 heterocycles. The minimum Gasteiger partial charge on any atom is -0.384 e. The van der Waals surface area contributed by atoms with Crippen molar-refractivity contribution in [2.75, 3.05) is 4.90 Å². The third kappa shape index (κ3) is 3.27. The van der Waals surface area contributed by atoms with Crippen molar-refractivity contribution in [3.63, 3.8) is 0 Å². The second-order valence-corrected chi connectivity index (χ2v) is 9.81. The quantitative estimate of drug-likeness (QED) is 0.677. The fourth-order valence-corrected chi connectivity index (χ4v) is 5.51. The topological polar surface area (TPSA) is 70.1 Å². The number of thiophene rings is 1. The molecule has 29 heavy (non-hydrogen) atoms. The number of nitriles is 1. The highest BCUT2D eigenvalue weighted by Crippen LogP contribution is 2.51. The predicted molar refractivity (Wildman–Crippen MR) is 118 cm³/mol. The number of halogens is 1. The van der Waals surface area contributed by atoms with Crippen LogP contribution in [0, 0.1) is 23.7 Å². The van der Waals surface area contributed by atoms with Crippen LogP contribution in [0.25, 0.3) is 0 Å². The van der Waals surface area contributed by atoms with Gasteiger partial charge in [0.25, 0.3) is 0 Å². The Morgan fingerprint density at radius 2 is 1.93 bits per heavy atom. The number of benzene rings is 1. The second kappa shape index (κ2) is 7.05. The number of rotatable bonds is 2. The van der Waals surface area contributed by atoms with Gasteiger partial charge in [-0.1, -0.05) is 25.4 Å². The van der Waals surface area contributed by atoms with Gasteiger partial charge < -0.3 is 5.73 Å². The van der Waals surface area contributed by atoms with Gasteiger partial charge in [0.2, 0.25) is 0 Å². The van der Waals surface area contributed by atoms with E-state index in [0.29, 0.717) is 34.8 Å². The van der Waals surface area contributed by atoms with E-state index < -0.39 is 5.92 Å². The number of carbonyl (C=O) groups is 1. The molecule has 2 aliphatic rings. The summed E-state index contributed by atoms with van der Waals surface area (Å²) in [6.45, 7) is 6.21.